The lowest BCUT2D eigenvalue weighted by Gasteiger charge is -2.13. The molecule has 4 nitrogen and oxygen atoms in total. The molecule has 112 valence electrons. The normalized spacial score (nSPS) is 11.5. The van der Waals surface area contributed by atoms with E-state index in [0.717, 1.165) is 18.0 Å². The SMILES string of the molecule is CCc1nc(C)ccc1Oc1cc(C(F)(F)F)ncc1N. The molecule has 2 aromatic rings. The third-order valence-corrected chi connectivity index (χ3v) is 2.81. The van der Waals surface area contributed by atoms with Crippen molar-refractivity contribution in [1.82, 2.24) is 9.97 Å². The van der Waals surface area contributed by atoms with Crippen molar-refractivity contribution in [2.75, 3.05) is 5.73 Å². The molecule has 0 aliphatic heterocycles. The first-order valence-electron chi connectivity index (χ1n) is 6.28. The molecule has 0 saturated carbocycles. The highest BCUT2D eigenvalue weighted by Crippen LogP contribution is 2.35. The Labute approximate surface area is 119 Å². The van der Waals surface area contributed by atoms with E-state index in [1.54, 1.807) is 12.1 Å². The lowest BCUT2D eigenvalue weighted by molar-refractivity contribution is -0.141. The van der Waals surface area contributed by atoms with Crippen LogP contribution >= 0.6 is 0 Å². The van der Waals surface area contributed by atoms with Gasteiger partial charge in [0, 0.05) is 11.8 Å². The van der Waals surface area contributed by atoms with Crippen LogP contribution < -0.4 is 10.5 Å². The van der Waals surface area contributed by atoms with Crippen molar-refractivity contribution in [2.45, 2.75) is 26.4 Å². The average Bonchev–Trinajstić information content (AvgIpc) is 2.41. The van der Waals surface area contributed by atoms with E-state index in [1.807, 2.05) is 13.8 Å². The lowest BCUT2D eigenvalue weighted by Crippen LogP contribution is -2.09. The highest BCUT2D eigenvalue weighted by molar-refractivity contribution is 5.53. The van der Waals surface area contributed by atoms with Crippen LogP contribution in [0.5, 0.6) is 11.5 Å². The second-order valence-electron chi connectivity index (χ2n) is 4.46. The van der Waals surface area contributed by atoms with E-state index in [-0.39, 0.29) is 11.4 Å². The summed E-state index contributed by atoms with van der Waals surface area (Å²) in [5, 5.41) is 0. The number of hydrogen-bond donors (Lipinski definition) is 1. The van der Waals surface area contributed by atoms with E-state index in [9.17, 15) is 13.2 Å². The molecule has 7 heteroatoms. The number of nitrogen functional groups attached to an aromatic ring is 1. The Kier molecular flexibility index (Phi) is 4.02. The molecule has 0 aliphatic rings. The summed E-state index contributed by atoms with van der Waals surface area (Å²) in [6, 6.07) is 4.17. The van der Waals surface area contributed by atoms with Crippen molar-refractivity contribution in [3.63, 3.8) is 0 Å². The Morgan fingerprint density at radius 2 is 1.95 bits per heavy atom. The number of pyridine rings is 2. The molecule has 0 aromatic carbocycles. The number of alkyl halides is 3. The minimum absolute atomic E-state index is 0.0330. The van der Waals surface area contributed by atoms with Crippen LogP contribution in [-0.4, -0.2) is 9.97 Å². The average molecular weight is 297 g/mol. The quantitative estimate of drug-likeness (QED) is 0.937. The van der Waals surface area contributed by atoms with E-state index in [1.165, 1.54) is 0 Å². The van der Waals surface area contributed by atoms with Gasteiger partial charge in [0.25, 0.3) is 0 Å². The third kappa shape index (κ3) is 3.42. The van der Waals surface area contributed by atoms with Crippen LogP contribution in [0.15, 0.2) is 24.4 Å². The molecule has 0 bridgehead atoms. The Bertz CT molecular complexity index is 656. The first-order chi connectivity index (χ1) is 9.81. The van der Waals surface area contributed by atoms with Gasteiger partial charge in [0.1, 0.15) is 11.4 Å². The van der Waals surface area contributed by atoms with Crippen molar-refractivity contribution < 1.29 is 17.9 Å². The van der Waals surface area contributed by atoms with Crippen LogP contribution in [0, 0.1) is 6.92 Å². The number of nitrogens with zero attached hydrogens (tertiary/aromatic N) is 2. The molecule has 0 aliphatic carbocycles. The second kappa shape index (κ2) is 5.59. The molecule has 2 aromatic heterocycles. The molecule has 0 unspecified atom stereocenters. The molecule has 21 heavy (non-hydrogen) atoms. The summed E-state index contributed by atoms with van der Waals surface area (Å²) < 4.78 is 43.5. The summed E-state index contributed by atoms with van der Waals surface area (Å²) in [6.07, 6.45) is -3.02. The van der Waals surface area contributed by atoms with Crippen LogP contribution in [0.4, 0.5) is 18.9 Å². The molecule has 0 amide bonds. The minimum Gasteiger partial charge on any atom is -0.453 e. The Morgan fingerprint density at radius 3 is 2.57 bits per heavy atom. The first-order valence-corrected chi connectivity index (χ1v) is 6.28. The summed E-state index contributed by atoms with van der Waals surface area (Å²) in [5.74, 6) is 0.298. The zero-order chi connectivity index (χ0) is 15.6. The van der Waals surface area contributed by atoms with Crippen molar-refractivity contribution >= 4 is 5.69 Å². The van der Waals surface area contributed by atoms with Gasteiger partial charge in [0.15, 0.2) is 5.75 Å². The Balaban J connectivity index is 2.40. The smallest absolute Gasteiger partial charge is 0.433 e. The monoisotopic (exact) mass is 297 g/mol. The van der Waals surface area contributed by atoms with Crippen LogP contribution in [0.3, 0.4) is 0 Å². The fourth-order valence-electron chi connectivity index (χ4n) is 1.75. The third-order valence-electron chi connectivity index (χ3n) is 2.81. The number of aryl methyl sites for hydroxylation is 2. The standard InChI is InChI=1S/C14H14F3N3O/c1-3-10-11(5-4-8(2)20-10)21-12-6-13(14(15,16)17)19-7-9(12)18/h4-7H,3,18H2,1-2H3. The Morgan fingerprint density at radius 1 is 1.24 bits per heavy atom. The maximum absolute atomic E-state index is 12.7. The highest BCUT2D eigenvalue weighted by atomic mass is 19.4. The summed E-state index contributed by atoms with van der Waals surface area (Å²) in [7, 11) is 0. The summed E-state index contributed by atoms with van der Waals surface area (Å²) in [6.45, 7) is 3.71. The van der Waals surface area contributed by atoms with Gasteiger partial charge in [-0.3, -0.25) is 4.98 Å². The molecule has 0 radical (unpaired) electrons. The number of anilines is 1. The van der Waals surface area contributed by atoms with Crippen LogP contribution in [0.1, 0.15) is 24.0 Å². The topological polar surface area (TPSA) is 61.0 Å². The molecule has 2 rings (SSSR count). The summed E-state index contributed by atoms with van der Waals surface area (Å²) in [4.78, 5) is 7.55. The second-order valence-corrected chi connectivity index (χ2v) is 4.46. The van der Waals surface area contributed by atoms with Crippen molar-refractivity contribution in [3.8, 4) is 11.5 Å². The molecule has 0 saturated heterocycles. The van der Waals surface area contributed by atoms with Crippen LogP contribution in [0.25, 0.3) is 0 Å². The van der Waals surface area contributed by atoms with Crippen LogP contribution in [0.2, 0.25) is 0 Å². The van der Waals surface area contributed by atoms with Crippen molar-refractivity contribution in [3.05, 3.63) is 41.5 Å². The maximum atomic E-state index is 12.7. The number of nitrogens with two attached hydrogens (primary N) is 1. The number of hydrogen-bond acceptors (Lipinski definition) is 4. The van der Waals surface area contributed by atoms with Gasteiger partial charge in [-0.2, -0.15) is 13.2 Å². The number of rotatable bonds is 3. The highest BCUT2D eigenvalue weighted by Gasteiger charge is 2.33. The molecule has 0 atom stereocenters. The molecule has 0 fully saturated rings. The van der Waals surface area contributed by atoms with Crippen molar-refractivity contribution in [1.29, 1.82) is 0 Å². The van der Waals surface area contributed by atoms with Crippen LogP contribution in [-0.2, 0) is 12.6 Å². The predicted molar refractivity (Wildman–Crippen MR) is 72.1 cm³/mol. The van der Waals surface area contributed by atoms with Gasteiger partial charge in [-0.15, -0.1) is 0 Å². The first kappa shape index (κ1) is 15.1. The van der Waals surface area contributed by atoms with Gasteiger partial charge in [0.2, 0.25) is 0 Å². The largest absolute Gasteiger partial charge is 0.453 e. The molecular formula is C14H14F3N3O. The zero-order valence-electron chi connectivity index (χ0n) is 11.5. The molecular weight excluding hydrogens is 283 g/mol. The molecule has 0 spiro atoms. The van der Waals surface area contributed by atoms with E-state index < -0.39 is 11.9 Å². The molecule has 2 N–H and O–H groups in total. The molecule has 2 heterocycles. The fourth-order valence-corrected chi connectivity index (χ4v) is 1.75. The fraction of sp³-hybridized carbons (Fsp3) is 0.286. The Hall–Kier alpha value is -2.31. The van der Waals surface area contributed by atoms with E-state index >= 15 is 0 Å². The number of aromatic nitrogens is 2. The number of ether oxygens (including phenoxy) is 1. The minimum atomic E-state index is -4.55. The van der Waals surface area contributed by atoms with Gasteiger partial charge in [0.05, 0.1) is 17.6 Å². The summed E-state index contributed by atoms with van der Waals surface area (Å²) in [5.41, 5.74) is 6.06. The lowest BCUT2D eigenvalue weighted by atomic mass is 10.2. The summed E-state index contributed by atoms with van der Waals surface area (Å²) >= 11 is 0. The van der Waals surface area contributed by atoms with E-state index in [2.05, 4.69) is 9.97 Å². The van der Waals surface area contributed by atoms with E-state index in [0.29, 0.717) is 17.9 Å². The van der Waals surface area contributed by atoms with Crippen molar-refractivity contribution in [2.24, 2.45) is 0 Å². The predicted octanol–water partition coefficient (Wildman–Crippen LogP) is 3.74. The van der Waals surface area contributed by atoms with Gasteiger partial charge in [-0.05, 0) is 25.5 Å². The van der Waals surface area contributed by atoms with E-state index in [4.69, 9.17) is 10.5 Å². The number of halogens is 3. The van der Waals surface area contributed by atoms with Gasteiger partial charge >= 0.3 is 6.18 Å². The zero-order valence-corrected chi connectivity index (χ0v) is 11.5. The van der Waals surface area contributed by atoms with Gasteiger partial charge < -0.3 is 10.5 Å². The van der Waals surface area contributed by atoms with Gasteiger partial charge in [-0.25, -0.2) is 4.98 Å². The van der Waals surface area contributed by atoms with Gasteiger partial charge in [-0.1, -0.05) is 6.92 Å². The maximum Gasteiger partial charge on any atom is 0.433 e.